The van der Waals surface area contributed by atoms with Gasteiger partial charge in [-0.3, -0.25) is 24.1 Å². The van der Waals surface area contributed by atoms with Gasteiger partial charge in [0.25, 0.3) is 0 Å². The van der Waals surface area contributed by atoms with Crippen LogP contribution in [-0.2, 0) is 19.1 Å². The van der Waals surface area contributed by atoms with E-state index in [2.05, 4.69) is 31.9 Å². The van der Waals surface area contributed by atoms with E-state index in [1.54, 1.807) is 24.3 Å². The second kappa shape index (κ2) is 18.4. The Kier molecular flexibility index (Phi) is 14.7. The van der Waals surface area contributed by atoms with Crippen LogP contribution in [-0.4, -0.2) is 106 Å². The number of carbonyl (C=O) groups is 4. The van der Waals surface area contributed by atoms with Crippen LogP contribution < -0.4 is 34.9 Å². The van der Waals surface area contributed by atoms with Crippen LogP contribution in [0.2, 0.25) is 0 Å². The van der Waals surface area contributed by atoms with E-state index in [0.29, 0.717) is 58.7 Å². The van der Waals surface area contributed by atoms with Crippen LogP contribution in [0.3, 0.4) is 0 Å². The summed E-state index contributed by atoms with van der Waals surface area (Å²) in [5, 5.41) is 8.75. The molecular weight excluding hydrogens is 668 g/mol. The summed E-state index contributed by atoms with van der Waals surface area (Å²) >= 11 is 3.04. The minimum absolute atomic E-state index is 0. The van der Waals surface area contributed by atoms with Gasteiger partial charge in [-0.1, -0.05) is 23.4 Å². The van der Waals surface area contributed by atoms with Crippen molar-refractivity contribution in [2.24, 2.45) is 0 Å². The number of amides is 2. The molecule has 2 aromatic rings. The third-order valence-electron chi connectivity index (χ3n) is 6.77. The molecule has 46 heavy (non-hydrogen) atoms. The number of nitrogens with zero attached hydrogens (tertiary/aromatic N) is 1. The number of alkyl halides is 1. The molecule has 4 aliphatic rings. The lowest BCUT2D eigenvalue weighted by molar-refractivity contribution is -0.118. The first kappa shape index (κ1) is 36.7. The molecule has 0 saturated carbocycles. The van der Waals surface area contributed by atoms with Crippen LogP contribution in [0.1, 0.15) is 42.0 Å². The second-order valence-electron chi connectivity index (χ2n) is 10.1. The molecule has 0 spiro atoms. The molecule has 0 atom stereocenters. The number of nitrogens with one attached hydrogen (secondary N) is 3. The molecule has 2 aromatic carbocycles. The third-order valence-corrected chi connectivity index (χ3v) is 7.28. The molecule has 0 unspecified atom stereocenters. The molecule has 15 heteroatoms. The van der Waals surface area contributed by atoms with Gasteiger partial charge in [0.2, 0.25) is 25.4 Å². The number of hydrogen-bond donors (Lipinski definition) is 3. The molecule has 2 saturated heterocycles. The first-order valence-corrected chi connectivity index (χ1v) is 15.5. The Hall–Kier alpha value is -3.76. The van der Waals surface area contributed by atoms with Gasteiger partial charge in [0.15, 0.2) is 34.6 Å². The SMILES string of the molecule is C.C1COCCN1.CC(=O)c1cc2c(cc1NC(=O)CBr)OCO2.CC(=O)c1cc2c(cc1NC(=O)CN1CCOCC1)OCO2. The Morgan fingerprint density at radius 3 is 1.54 bits per heavy atom. The maximum atomic E-state index is 12.2. The highest BCUT2D eigenvalue weighted by Crippen LogP contribution is 2.38. The smallest absolute Gasteiger partial charge is 0.238 e. The van der Waals surface area contributed by atoms with E-state index in [4.69, 9.17) is 28.4 Å². The van der Waals surface area contributed by atoms with Gasteiger partial charge >= 0.3 is 0 Å². The van der Waals surface area contributed by atoms with Crippen molar-refractivity contribution in [3.8, 4) is 23.0 Å². The summed E-state index contributed by atoms with van der Waals surface area (Å²) < 4.78 is 31.2. The summed E-state index contributed by atoms with van der Waals surface area (Å²) in [7, 11) is 0. The van der Waals surface area contributed by atoms with Crippen LogP contribution in [0, 0.1) is 0 Å². The topological polar surface area (TPSA) is 163 Å². The number of rotatable bonds is 7. The summed E-state index contributed by atoms with van der Waals surface area (Å²) in [5.74, 6) is 1.43. The summed E-state index contributed by atoms with van der Waals surface area (Å²) in [6.45, 7) is 9.97. The zero-order chi connectivity index (χ0) is 32.2. The van der Waals surface area contributed by atoms with Crippen molar-refractivity contribution in [2.45, 2.75) is 21.3 Å². The van der Waals surface area contributed by atoms with E-state index < -0.39 is 0 Å². The number of fused-ring (bicyclic) bond motifs is 2. The number of morpholine rings is 2. The van der Waals surface area contributed by atoms with E-state index in [9.17, 15) is 19.2 Å². The normalized spacial score (nSPS) is 16.0. The van der Waals surface area contributed by atoms with Gasteiger partial charge < -0.3 is 44.4 Å². The maximum Gasteiger partial charge on any atom is 0.238 e. The van der Waals surface area contributed by atoms with Gasteiger partial charge in [-0.2, -0.15) is 0 Å². The van der Waals surface area contributed by atoms with Gasteiger partial charge in [-0.05, 0) is 26.0 Å². The first-order chi connectivity index (χ1) is 21.7. The minimum atomic E-state index is -0.230. The number of halogens is 1. The summed E-state index contributed by atoms with van der Waals surface area (Å²) in [5.41, 5.74) is 1.71. The largest absolute Gasteiger partial charge is 0.454 e. The molecule has 4 aliphatic heterocycles. The van der Waals surface area contributed by atoms with Crippen molar-refractivity contribution in [3.05, 3.63) is 35.4 Å². The monoisotopic (exact) mass is 708 g/mol. The standard InChI is InChI=1S/C15H18N2O5.C11H10BrNO4.C4H9NO.CH4/c1-10(18)11-6-13-14(22-9-21-13)7-12(11)16-15(19)8-17-2-4-20-5-3-17;1-6(14)7-2-9-10(17-5-16-9)3-8(7)13-11(15)4-12;1-3-6-4-2-5-1;/h6-7H,2-5,8-9H2,1H3,(H,16,19);2-3H,4-5H2,1H3,(H,13,15);5H,1-4H2;1H4. The van der Waals surface area contributed by atoms with Gasteiger partial charge in [0, 0.05) is 49.4 Å². The second-order valence-corrected chi connectivity index (χ2v) is 10.7. The summed E-state index contributed by atoms with van der Waals surface area (Å²) in [4.78, 5) is 48.7. The lowest BCUT2D eigenvalue weighted by atomic mass is 10.1. The molecule has 0 bridgehead atoms. The van der Waals surface area contributed by atoms with E-state index in [-0.39, 0.29) is 56.3 Å². The van der Waals surface area contributed by atoms with Gasteiger partial charge in [0.05, 0.1) is 49.7 Å². The van der Waals surface area contributed by atoms with Gasteiger partial charge in [-0.15, -0.1) is 0 Å². The summed E-state index contributed by atoms with van der Waals surface area (Å²) in [6, 6.07) is 6.42. The molecule has 14 nitrogen and oxygen atoms in total. The quantitative estimate of drug-likeness (QED) is 0.285. The fraction of sp³-hybridized carbons (Fsp3) is 0.484. The predicted octanol–water partition coefficient (Wildman–Crippen LogP) is 3.08. The number of hydrogen-bond acceptors (Lipinski definition) is 12. The number of ether oxygens (including phenoxy) is 6. The molecular formula is C31H41BrN4O10. The van der Waals surface area contributed by atoms with Crippen LogP contribution in [0.5, 0.6) is 23.0 Å². The van der Waals surface area contributed by atoms with E-state index >= 15 is 0 Å². The third kappa shape index (κ3) is 10.7. The lowest BCUT2D eigenvalue weighted by Gasteiger charge is -2.25. The van der Waals surface area contributed by atoms with Crippen LogP contribution >= 0.6 is 15.9 Å². The predicted molar refractivity (Wildman–Crippen MR) is 174 cm³/mol. The average Bonchev–Trinajstić information content (AvgIpc) is 3.71. The Morgan fingerprint density at radius 1 is 0.717 bits per heavy atom. The number of Topliss-reactive ketones (excluding diaryl/α,β-unsaturated/α-hetero) is 2. The first-order valence-electron chi connectivity index (χ1n) is 14.4. The van der Waals surface area contributed by atoms with Crippen molar-refractivity contribution in [3.63, 3.8) is 0 Å². The van der Waals surface area contributed by atoms with Crippen molar-refractivity contribution in [2.75, 3.05) is 88.7 Å². The van der Waals surface area contributed by atoms with Crippen molar-refractivity contribution in [1.82, 2.24) is 10.2 Å². The molecule has 0 aromatic heterocycles. The summed E-state index contributed by atoms with van der Waals surface area (Å²) in [6.07, 6.45) is 0. The fourth-order valence-electron chi connectivity index (χ4n) is 4.52. The lowest BCUT2D eigenvalue weighted by Crippen LogP contribution is -2.41. The molecule has 0 aliphatic carbocycles. The highest BCUT2D eigenvalue weighted by atomic mass is 79.9. The van der Waals surface area contributed by atoms with E-state index in [1.165, 1.54) is 13.8 Å². The van der Waals surface area contributed by atoms with Crippen LogP contribution in [0.15, 0.2) is 24.3 Å². The molecule has 4 heterocycles. The number of anilines is 2. The molecule has 2 fully saturated rings. The van der Waals surface area contributed by atoms with Crippen LogP contribution in [0.4, 0.5) is 11.4 Å². The number of carbonyl (C=O) groups excluding carboxylic acids is 4. The van der Waals surface area contributed by atoms with E-state index in [1.807, 2.05) is 4.90 Å². The molecule has 6 rings (SSSR count). The van der Waals surface area contributed by atoms with Gasteiger partial charge in [-0.25, -0.2) is 0 Å². The molecule has 0 radical (unpaired) electrons. The molecule has 3 N–H and O–H groups in total. The highest BCUT2D eigenvalue weighted by Gasteiger charge is 2.22. The highest BCUT2D eigenvalue weighted by molar-refractivity contribution is 9.09. The zero-order valence-corrected chi connectivity index (χ0v) is 26.8. The van der Waals surface area contributed by atoms with Crippen LogP contribution in [0.25, 0.3) is 0 Å². The van der Waals surface area contributed by atoms with Crippen molar-refractivity contribution >= 4 is 50.7 Å². The Balaban J connectivity index is 0.000000212. The number of ketones is 2. The number of benzene rings is 2. The average molecular weight is 710 g/mol. The fourth-order valence-corrected chi connectivity index (χ4v) is 4.66. The minimum Gasteiger partial charge on any atom is -0.454 e. The van der Waals surface area contributed by atoms with E-state index in [0.717, 1.165) is 39.4 Å². The van der Waals surface area contributed by atoms with Crippen molar-refractivity contribution < 1.29 is 47.6 Å². The van der Waals surface area contributed by atoms with Gasteiger partial charge in [0.1, 0.15) is 0 Å². The molecule has 252 valence electrons. The zero-order valence-electron chi connectivity index (χ0n) is 25.2. The Morgan fingerprint density at radius 2 is 1.15 bits per heavy atom. The molecule has 2 amide bonds. The Labute approximate surface area is 276 Å². The Bertz CT molecular complexity index is 1370. The maximum absolute atomic E-state index is 12.2. The van der Waals surface area contributed by atoms with Crippen molar-refractivity contribution in [1.29, 1.82) is 0 Å².